The molecule has 0 bridgehead atoms. The molecule has 8 heteroatoms. The minimum atomic E-state index is -0.780. The Morgan fingerprint density at radius 3 is 2.46 bits per heavy atom. The molecular weight excluding hydrogens is 460 g/mol. The van der Waals surface area contributed by atoms with E-state index in [4.69, 9.17) is 4.74 Å². The second-order valence-corrected chi connectivity index (χ2v) is 9.86. The van der Waals surface area contributed by atoms with Gasteiger partial charge in [0.25, 0.3) is 5.91 Å². The highest BCUT2D eigenvalue weighted by atomic mass is 32.2. The largest absolute Gasteiger partial charge is 0.497 e. The molecule has 0 unspecified atom stereocenters. The van der Waals surface area contributed by atoms with Crippen molar-refractivity contribution in [2.45, 2.75) is 45.1 Å². The first-order valence-electron chi connectivity index (χ1n) is 11.5. The Hall–Kier alpha value is -3.57. The van der Waals surface area contributed by atoms with Crippen molar-refractivity contribution in [1.82, 2.24) is 5.32 Å². The summed E-state index contributed by atoms with van der Waals surface area (Å²) in [6.45, 7) is 3.96. The summed E-state index contributed by atoms with van der Waals surface area (Å²) < 4.78 is 5.21. The molecule has 0 atom stereocenters. The van der Waals surface area contributed by atoms with Crippen LogP contribution in [0.1, 0.15) is 42.4 Å². The SMILES string of the molecule is COc1ccc(/C=C2\N=C(SCC(=O)NC3(C#N)CCCC3)N(c3cc(C)cc(C)c3)C2=O)cc1. The summed E-state index contributed by atoms with van der Waals surface area (Å²) in [5, 5.41) is 12.9. The van der Waals surface area contributed by atoms with Gasteiger partial charge in [-0.05, 0) is 86.6 Å². The van der Waals surface area contributed by atoms with Gasteiger partial charge in [-0.15, -0.1) is 0 Å². The van der Waals surface area contributed by atoms with E-state index in [-0.39, 0.29) is 17.6 Å². The topological polar surface area (TPSA) is 94.8 Å². The van der Waals surface area contributed by atoms with Crippen LogP contribution in [0.15, 0.2) is 53.2 Å². The van der Waals surface area contributed by atoms with E-state index in [9.17, 15) is 14.9 Å². The number of methoxy groups -OCH3 is 1. The van der Waals surface area contributed by atoms with Gasteiger partial charge >= 0.3 is 0 Å². The molecule has 0 aromatic heterocycles. The fraction of sp³-hybridized carbons (Fsp3) is 0.333. The molecule has 1 heterocycles. The summed E-state index contributed by atoms with van der Waals surface area (Å²) in [6.07, 6.45) is 4.93. The number of aryl methyl sites for hydroxylation is 2. The molecule has 2 aromatic carbocycles. The van der Waals surface area contributed by atoms with Gasteiger partial charge in [-0.1, -0.05) is 30.0 Å². The molecule has 0 radical (unpaired) electrons. The van der Waals surface area contributed by atoms with E-state index in [1.807, 2.05) is 56.3 Å². The van der Waals surface area contributed by atoms with E-state index < -0.39 is 5.54 Å². The third-order valence-corrected chi connectivity index (χ3v) is 7.03. The van der Waals surface area contributed by atoms with Crippen molar-refractivity contribution in [3.05, 3.63) is 64.9 Å². The van der Waals surface area contributed by atoms with Gasteiger partial charge in [0.2, 0.25) is 5.91 Å². The van der Waals surface area contributed by atoms with Gasteiger partial charge in [0, 0.05) is 0 Å². The maximum Gasteiger partial charge on any atom is 0.283 e. The van der Waals surface area contributed by atoms with Crippen LogP contribution in [0.4, 0.5) is 5.69 Å². The minimum Gasteiger partial charge on any atom is -0.497 e. The number of thioether (sulfide) groups is 1. The second kappa shape index (κ2) is 10.4. The summed E-state index contributed by atoms with van der Waals surface area (Å²) in [7, 11) is 1.60. The highest BCUT2D eigenvalue weighted by Crippen LogP contribution is 2.32. The van der Waals surface area contributed by atoms with E-state index in [0.29, 0.717) is 29.4 Å². The van der Waals surface area contributed by atoms with Gasteiger partial charge in [-0.25, -0.2) is 4.99 Å². The molecule has 0 spiro atoms. The third-order valence-electron chi connectivity index (χ3n) is 6.10. The number of carbonyl (C=O) groups excluding carboxylic acids is 2. The fourth-order valence-corrected chi connectivity index (χ4v) is 5.25. The van der Waals surface area contributed by atoms with Crippen LogP contribution in [0, 0.1) is 25.2 Å². The Kier molecular flexibility index (Phi) is 7.27. The number of hydrogen-bond acceptors (Lipinski definition) is 6. The van der Waals surface area contributed by atoms with Crippen LogP contribution in [0.5, 0.6) is 5.75 Å². The van der Waals surface area contributed by atoms with Crippen molar-refractivity contribution in [2.75, 3.05) is 17.8 Å². The van der Waals surface area contributed by atoms with E-state index in [1.165, 1.54) is 11.8 Å². The van der Waals surface area contributed by atoms with Crippen LogP contribution >= 0.6 is 11.8 Å². The van der Waals surface area contributed by atoms with E-state index in [2.05, 4.69) is 16.4 Å². The number of anilines is 1. The lowest BCUT2D eigenvalue weighted by Gasteiger charge is -2.22. The predicted octanol–water partition coefficient (Wildman–Crippen LogP) is 4.74. The summed E-state index contributed by atoms with van der Waals surface area (Å²) in [6, 6.07) is 15.5. The number of carbonyl (C=O) groups is 2. The number of hydrogen-bond donors (Lipinski definition) is 1. The lowest BCUT2D eigenvalue weighted by molar-refractivity contribution is -0.119. The zero-order chi connectivity index (χ0) is 25.0. The lowest BCUT2D eigenvalue weighted by Crippen LogP contribution is -2.46. The van der Waals surface area contributed by atoms with Crippen molar-refractivity contribution in [2.24, 2.45) is 4.99 Å². The summed E-state index contributed by atoms with van der Waals surface area (Å²) in [5.41, 5.74) is 3.10. The Labute approximate surface area is 209 Å². The van der Waals surface area contributed by atoms with Gasteiger partial charge in [-0.2, -0.15) is 5.26 Å². The number of amidine groups is 1. The monoisotopic (exact) mass is 488 g/mol. The first kappa shape index (κ1) is 24.6. The molecule has 180 valence electrons. The number of amides is 2. The number of aliphatic imine (C=N–C) groups is 1. The summed E-state index contributed by atoms with van der Waals surface area (Å²) >= 11 is 1.20. The van der Waals surface area contributed by atoms with Crippen LogP contribution in [0.3, 0.4) is 0 Å². The van der Waals surface area contributed by atoms with Gasteiger partial charge in [0.05, 0.1) is 24.6 Å². The van der Waals surface area contributed by atoms with E-state index in [1.54, 1.807) is 18.1 Å². The van der Waals surface area contributed by atoms with Crippen LogP contribution < -0.4 is 15.0 Å². The van der Waals surface area contributed by atoms with Crippen molar-refractivity contribution >= 4 is 40.5 Å². The molecule has 0 saturated heterocycles. The van der Waals surface area contributed by atoms with E-state index in [0.717, 1.165) is 35.3 Å². The van der Waals surface area contributed by atoms with E-state index >= 15 is 0 Å². The average molecular weight is 489 g/mol. The standard InChI is InChI=1S/C27H28N4O3S/c1-18-12-19(2)14-21(13-18)31-25(33)23(15-20-6-8-22(34-3)9-7-20)29-26(31)35-16-24(32)30-27(17-28)10-4-5-11-27/h6-9,12-15H,4-5,10-11,16H2,1-3H3,(H,30,32)/b23-15-. The van der Waals surface area contributed by atoms with Crippen molar-refractivity contribution < 1.29 is 14.3 Å². The van der Waals surface area contributed by atoms with Gasteiger partial charge in [-0.3, -0.25) is 14.5 Å². The maximum atomic E-state index is 13.4. The number of ether oxygens (including phenoxy) is 1. The third kappa shape index (κ3) is 5.57. The molecule has 35 heavy (non-hydrogen) atoms. The van der Waals surface area contributed by atoms with Crippen LogP contribution in [-0.4, -0.2) is 35.4 Å². The first-order valence-corrected chi connectivity index (χ1v) is 12.5. The summed E-state index contributed by atoms with van der Waals surface area (Å²) in [5.74, 6) is 0.302. The van der Waals surface area contributed by atoms with Crippen molar-refractivity contribution in [3.63, 3.8) is 0 Å². The van der Waals surface area contributed by atoms with Crippen molar-refractivity contribution in [1.29, 1.82) is 5.26 Å². The second-order valence-electron chi connectivity index (χ2n) is 8.92. The molecule has 1 fully saturated rings. The van der Waals surface area contributed by atoms with Gasteiger partial charge < -0.3 is 10.1 Å². The molecule has 2 aromatic rings. The van der Waals surface area contributed by atoms with Crippen LogP contribution in [0.2, 0.25) is 0 Å². The Morgan fingerprint density at radius 1 is 1.20 bits per heavy atom. The average Bonchev–Trinajstić information content (AvgIpc) is 3.42. The minimum absolute atomic E-state index is 0.0622. The van der Waals surface area contributed by atoms with Gasteiger partial charge in [0.1, 0.15) is 17.0 Å². The summed E-state index contributed by atoms with van der Waals surface area (Å²) in [4.78, 5) is 32.3. The van der Waals surface area contributed by atoms with Crippen molar-refractivity contribution in [3.8, 4) is 11.8 Å². The lowest BCUT2D eigenvalue weighted by atomic mass is 10.0. The molecule has 1 N–H and O–H groups in total. The number of nitrogens with zero attached hydrogens (tertiary/aromatic N) is 3. The molecular formula is C27H28N4O3S. The number of nitrogens with one attached hydrogen (secondary N) is 1. The Bertz CT molecular complexity index is 1220. The maximum absolute atomic E-state index is 13.4. The quantitative estimate of drug-likeness (QED) is 0.593. The molecule has 1 aliphatic heterocycles. The molecule has 2 amide bonds. The van der Waals surface area contributed by atoms with Crippen LogP contribution in [-0.2, 0) is 9.59 Å². The zero-order valence-electron chi connectivity index (χ0n) is 20.1. The normalized spacial score (nSPS) is 17.9. The highest BCUT2D eigenvalue weighted by Gasteiger charge is 2.36. The zero-order valence-corrected chi connectivity index (χ0v) is 20.9. The number of rotatable bonds is 6. The first-order chi connectivity index (χ1) is 16.8. The molecule has 2 aliphatic rings. The number of nitriles is 1. The van der Waals surface area contributed by atoms with Crippen LogP contribution in [0.25, 0.3) is 6.08 Å². The Balaban J connectivity index is 1.59. The fourth-order valence-electron chi connectivity index (χ4n) is 4.43. The highest BCUT2D eigenvalue weighted by molar-refractivity contribution is 8.14. The number of benzene rings is 2. The molecule has 4 rings (SSSR count). The molecule has 7 nitrogen and oxygen atoms in total. The Morgan fingerprint density at radius 2 is 1.86 bits per heavy atom. The molecule has 1 aliphatic carbocycles. The molecule has 1 saturated carbocycles. The smallest absolute Gasteiger partial charge is 0.283 e. The van der Waals surface area contributed by atoms with Gasteiger partial charge in [0.15, 0.2) is 5.17 Å². The predicted molar refractivity (Wildman–Crippen MR) is 139 cm³/mol.